The molecular weight excluding hydrogens is 312 g/mol. The second-order valence-electron chi connectivity index (χ2n) is 4.84. The van der Waals surface area contributed by atoms with Crippen LogP contribution in [0.1, 0.15) is 28.8 Å². The first-order valence-corrected chi connectivity index (χ1v) is 6.93. The van der Waals surface area contributed by atoms with E-state index in [0.717, 1.165) is 26.1 Å². The Balaban J connectivity index is 2.33. The summed E-state index contributed by atoms with van der Waals surface area (Å²) in [5.74, 6) is -0.475. The van der Waals surface area contributed by atoms with E-state index in [2.05, 4.69) is 42.7 Å². The minimum absolute atomic E-state index is 0.0188. The van der Waals surface area contributed by atoms with Crippen LogP contribution in [0.15, 0.2) is 10.7 Å². The maximum atomic E-state index is 11.1. The molecule has 19 heavy (non-hydrogen) atoms. The van der Waals surface area contributed by atoms with Crippen molar-refractivity contribution >= 4 is 21.9 Å². The van der Waals surface area contributed by atoms with Gasteiger partial charge in [-0.2, -0.15) is 0 Å². The lowest BCUT2D eigenvalue weighted by atomic mass is 10.2. The van der Waals surface area contributed by atoms with Crippen LogP contribution in [0.25, 0.3) is 0 Å². The molecule has 104 valence electrons. The number of carboxylic acids is 1. The third-order valence-corrected chi connectivity index (χ3v) is 3.91. The van der Waals surface area contributed by atoms with E-state index < -0.39 is 5.97 Å². The number of likely N-dealkylation sites (N-methyl/N-ethyl adjacent to an activating group) is 2. The average molecular weight is 329 g/mol. The summed E-state index contributed by atoms with van der Waals surface area (Å²) in [7, 11) is 4.08. The highest BCUT2D eigenvalue weighted by Gasteiger charge is 2.25. The van der Waals surface area contributed by atoms with Gasteiger partial charge in [0.05, 0.1) is 10.5 Å². The zero-order chi connectivity index (χ0) is 14.0. The van der Waals surface area contributed by atoms with E-state index in [-0.39, 0.29) is 11.7 Å². The second kappa shape index (κ2) is 5.94. The lowest BCUT2D eigenvalue weighted by Crippen LogP contribution is -2.32. The molecule has 0 aliphatic carbocycles. The largest absolute Gasteiger partial charge is 0.476 e. The third kappa shape index (κ3) is 3.29. The maximum absolute atomic E-state index is 11.1. The number of aromatic carboxylic acids is 1. The summed E-state index contributed by atoms with van der Waals surface area (Å²) >= 11 is 3.17. The molecule has 0 spiro atoms. The van der Waals surface area contributed by atoms with Gasteiger partial charge >= 0.3 is 5.97 Å². The predicted octanol–water partition coefficient (Wildman–Crippen LogP) is 1.25. The molecule has 2 rings (SSSR count). The van der Waals surface area contributed by atoms with Crippen LogP contribution >= 0.6 is 15.9 Å². The van der Waals surface area contributed by atoms with E-state index in [9.17, 15) is 4.79 Å². The summed E-state index contributed by atoms with van der Waals surface area (Å²) in [6.45, 7) is 2.79. The standard InChI is InChI=1S/C12H17BrN4O2/c1-16-4-3-5-17(2)9(7-16)11-14-6-8(13)10(15-11)12(18)19/h6,9H,3-5,7H2,1-2H3,(H,18,19). The fourth-order valence-corrected chi connectivity index (χ4v) is 2.60. The van der Waals surface area contributed by atoms with Crippen molar-refractivity contribution in [3.8, 4) is 0 Å². The highest BCUT2D eigenvalue weighted by Crippen LogP contribution is 2.22. The summed E-state index contributed by atoms with van der Waals surface area (Å²) in [6, 6.07) is 0.0266. The molecule has 1 saturated heterocycles. The van der Waals surface area contributed by atoms with Crippen molar-refractivity contribution in [1.82, 2.24) is 19.8 Å². The van der Waals surface area contributed by atoms with Crippen LogP contribution in [-0.2, 0) is 0 Å². The van der Waals surface area contributed by atoms with E-state index in [1.54, 1.807) is 0 Å². The van der Waals surface area contributed by atoms with Gasteiger partial charge in [-0.05, 0) is 49.5 Å². The summed E-state index contributed by atoms with van der Waals surface area (Å²) in [5, 5.41) is 9.12. The smallest absolute Gasteiger partial charge is 0.355 e. The number of nitrogens with zero attached hydrogens (tertiary/aromatic N) is 4. The monoisotopic (exact) mass is 328 g/mol. The molecule has 7 heteroatoms. The normalized spacial score (nSPS) is 22.2. The van der Waals surface area contributed by atoms with Crippen molar-refractivity contribution in [3.05, 3.63) is 22.2 Å². The topological polar surface area (TPSA) is 69.6 Å². The Kier molecular flexibility index (Phi) is 4.49. The van der Waals surface area contributed by atoms with Crippen molar-refractivity contribution in [2.75, 3.05) is 33.7 Å². The van der Waals surface area contributed by atoms with Gasteiger partial charge in [0.25, 0.3) is 0 Å². The van der Waals surface area contributed by atoms with Crippen LogP contribution in [0.2, 0.25) is 0 Å². The number of aromatic nitrogens is 2. The van der Waals surface area contributed by atoms with E-state index in [0.29, 0.717) is 10.3 Å². The van der Waals surface area contributed by atoms with E-state index in [1.807, 2.05) is 7.05 Å². The van der Waals surface area contributed by atoms with E-state index >= 15 is 0 Å². The van der Waals surface area contributed by atoms with Gasteiger partial charge in [-0.25, -0.2) is 14.8 Å². The van der Waals surface area contributed by atoms with Gasteiger partial charge in [-0.15, -0.1) is 0 Å². The molecule has 0 radical (unpaired) electrons. The van der Waals surface area contributed by atoms with Crippen molar-refractivity contribution in [2.24, 2.45) is 0 Å². The molecule has 0 amide bonds. The Morgan fingerprint density at radius 3 is 2.89 bits per heavy atom. The number of hydrogen-bond donors (Lipinski definition) is 1. The van der Waals surface area contributed by atoms with Gasteiger partial charge in [0, 0.05) is 12.7 Å². The van der Waals surface area contributed by atoms with Crippen molar-refractivity contribution in [2.45, 2.75) is 12.5 Å². The first-order chi connectivity index (χ1) is 8.99. The molecule has 1 aromatic heterocycles. The molecule has 0 aromatic carbocycles. The predicted molar refractivity (Wildman–Crippen MR) is 74.2 cm³/mol. The van der Waals surface area contributed by atoms with Crippen LogP contribution < -0.4 is 0 Å². The van der Waals surface area contributed by atoms with Gasteiger partial charge in [-0.1, -0.05) is 0 Å². The summed E-state index contributed by atoms with van der Waals surface area (Å²) in [6.07, 6.45) is 2.61. The van der Waals surface area contributed by atoms with Crippen LogP contribution in [0.5, 0.6) is 0 Å². The average Bonchev–Trinajstić information content (AvgIpc) is 2.51. The van der Waals surface area contributed by atoms with Crippen LogP contribution in [-0.4, -0.2) is 64.6 Å². The fourth-order valence-electron chi connectivity index (χ4n) is 2.24. The Labute approximate surface area is 120 Å². The number of rotatable bonds is 2. The lowest BCUT2D eigenvalue weighted by Gasteiger charge is -2.26. The van der Waals surface area contributed by atoms with Gasteiger partial charge in [0.1, 0.15) is 5.82 Å². The van der Waals surface area contributed by atoms with E-state index in [4.69, 9.17) is 5.11 Å². The molecule has 1 aromatic rings. The van der Waals surface area contributed by atoms with Crippen LogP contribution in [0.3, 0.4) is 0 Å². The number of carbonyl (C=O) groups is 1. The van der Waals surface area contributed by atoms with Gasteiger partial charge in [0.2, 0.25) is 0 Å². The molecule has 6 nitrogen and oxygen atoms in total. The quantitative estimate of drug-likeness (QED) is 0.881. The molecule has 0 saturated carbocycles. The molecule has 1 unspecified atom stereocenters. The molecule has 1 N–H and O–H groups in total. The van der Waals surface area contributed by atoms with Crippen LogP contribution in [0.4, 0.5) is 0 Å². The molecular formula is C12H17BrN4O2. The lowest BCUT2D eigenvalue weighted by molar-refractivity contribution is 0.0688. The summed E-state index contributed by atoms with van der Waals surface area (Å²) in [4.78, 5) is 24.0. The highest BCUT2D eigenvalue weighted by molar-refractivity contribution is 9.10. The maximum Gasteiger partial charge on any atom is 0.355 e. The van der Waals surface area contributed by atoms with Crippen molar-refractivity contribution < 1.29 is 9.90 Å². The van der Waals surface area contributed by atoms with Crippen molar-refractivity contribution in [1.29, 1.82) is 0 Å². The number of hydrogen-bond acceptors (Lipinski definition) is 5. The summed E-state index contributed by atoms with van der Waals surface area (Å²) in [5.41, 5.74) is 0.0188. The molecule has 1 aliphatic rings. The second-order valence-corrected chi connectivity index (χ2v) is 5.70. The number of carboxylic acid groups (broad SMARTS) is 1. The summed E-state index contributed by atoms with van der Waals surface area (Å²) < 4.78 is 0.411. The zero-order valence-corrected chi connectivity index (χ0v) is 12.6. The third-order valence-electron chi connectivity index (χ3n) is 3.33. The Morgan fingerprint density at radius 2 is 2.21 bits per heavy atom. The minimum Gasteiger partial charge on any atom is -0.476 e. The van der Waals surface area contributed by atoms with E-state index in [1.165, 1.54) is 6.20 Å². The zero-order valence-electron chi connectivity index (χ0n) is 11.0. The van der Waals surface area contributed by atoms with Gasteiger partial charge < -0.3 is 10.0 Å². The minimum atomic E-state index is -1.04. The first kappa shape index (κ1) is 14.4. The van der Waals surface area contributed by atoms with Crippen molar-refractivity contribution in [3.63, 3.8) is 0 Å². The van der Waals surface area contributed by atoms with Gasteiger partial charge in [-0.3, -0.25) is 4.90 Å². The molecule has 2 heterocycles. The Morgan fingerprint density at radius 1 is 1.47 bits per heavy atom. The Bertz CT molecular complexity index is 483. The van der Waals surface area contributed by atoms with Gasteiger partial charge in [0.15, 0.2) is 5.69 Å². The van der Waals surface area contributed by atoms with Crippen LogP contribution in [0, 0.1) is 0 Å². The number of halogens is 1. The molecule has 1 atom stereocenters. The molecule has 1 fully saturated rings. The highest BCUT2D eigenvalue weighted by atomic mass is 79.9. The molecule has 1 aliphatic heterocycles. The molecule has 0 bridgehead atoms. The Hall–Kier alpha value is -1.05. The SMILES string of the molecule is CN1CCCN(C)C(c2ncc(Br)c(C(=O)O)n2)C1. The first-order valence-electron chi connectivity index (χ1n) is 6.13. The fraction of sp³-hybridized carbons (Fsp3) is 0.583.